The number of rotatable bonds is 3. The van der Waals surface area contributed by atoms with Crippen LogP contribution in [0.1, 0.15) is 0 Å². The topological polar surface area (TPSA) is 78.6 Å². The van der Waals surface area contributed by atoms with Gasteiger partial charge in [0.1, 0.15) is 19.0 Å². The van der Waals surface area contributed by atoms with E-state index in [4.69, 9.17) is 19.9 Å². The Kier molecular flexibility index (Phi) is 3.20. The van der Waals surface area contributed by atoms with Crippen molar-refractivity contribution in [2.75, 3.05) is 31.4 Å². The largest absolute Gasteiger partial charge is 0.486 e. The number of nitrogens with one attached hydrogen (secondary N) is 1. The number of hydrogen-bond acceptors (Lipinski definition) is 6. The maximum Gasteiger partial charge on any atom is 0.238 e. The van der Waals surface area contributed by atoms with Crippen molar-refractivity contribution in [3.05, 3.63) is 30.3 Å². The molecule has 2 aromatic rings. The Morgan fingerprint density at radius 1 is 1.15 bits per heavy atom. The number of pyridine rings is 1. The van der Waals surface area contributed by atoms with E-state index in [1.54, 1.807) is 12.1 Å². The molecular formula is C14H15N3O3. The van der Waals surface area contributed by atoms with Crippen LogP contribution < -0.4 is 25.3 Å². The van der Waals surface area contributed by atoms with Crippen LogP contribution in [0.3, 0.4) is 0 Å². The lowest BCUT2D eigenvalue weighted by atomic mass is 10.2. The number of aromatic nitrogens is 1. The number of anilines is 3. The molecule has 0 fully saturated rings. The summed E-state index contributed by atoms with van der Waals surface area (Å²) in [5.74, 6) is 2.52. The third kappa shape index (κ3) is 2.40. The molecule has 1 aromatic carbocycles. The number of hydrogen-bond donors (Lipinski definition) is 2. The first-order valence-electron chi connectivity index (χ1n) is 6.23. The first-order valence-corrected chi connectivity index (χ1v) is 6.23. The normalized spacial score (nSPS) is 12.8. The van der Waals surface area contributed by atoms with Gasteiger partial charge in [-0.2, -0.15) is 4.98 Å². The van der Waals surface area contributed by atoms with Gasteiger partial charge in [0.15, 0.2) is 11.5 Å². The third-order valence-corrected chi connectivity index (χ3v) is 2.90. The van der Waals surface area contributed by atoms with Crippen LogP contribution in [0.4, 0.5) is 17.2 Å². The second kappa shape index (κ2) is 5.16. The summed E-state index contributed by atoms with van der Waals surface area (Å²) in [5.41, 5.74) is 7.09. The Labute approximate surface area is 116 Å². The van der Waals surface area contributed by atoms with Crippen molar-refractivity contribution in [1.82, 2.24) is 4.98 Å². The highest BCUT2D eigenvalue weighted by Crippen LogP contribution is 2.33. The monoisotopic (exact) mass is 273 g/mol. The predicted octanol–water partition coefficient (Wildman–Crippen LogP) is 2.19. The van der Waals surface area contributed by atoms with Crippen molar-refractivity contribution < 1.29 is 14.2 Å². The molecule has 1 aliphatic heterocycles. The number of nitrogen functional groups attached to an aromatic ring is 1. The molecule has 0 amide bonds. The van der Waals surface area contributed by atoms with E-state index in [1.807, 2.05) is 18.2 Å². The smallest absolute Gasteiger partial charge is 0.238 e. The minimum atomic E-state index is 0.396. The Hall–Kier alpha value is -2.63. The van der Waals surface area contributed by atoms with E-state index in [1.165, 1.54) is 7.11 Å². The van der Waals surface area contributed by atoms with Crippen LogP contribution in [0.15, 0.2) is 30.3 Å². The van der Waals surface area contributed by atoms with Crippen molar-refractivity contribution >= 4 is 17.2 Å². The van der Waals surface area contributed by atoms with E-state index >= 15 is 0 Å². The first kappa shape index (κ1) is 12.4. The molecule has 3 rings (SSSR count). The first-order chi connectivity index (χ1) is 9.76. The standard InChI is InChI=1S/C14H15N3O3/c1-18-14-10(15)3-5-13(17-14)16-9-2-4-11-12(8-9)20-7-6-19-11/h2-5,8H,6-7,15H2,1H3,(H,16,17). The number of methoxy groups -OCH3 is 1. The molecule has 20 heavy (non-hydrogen) atoms. The summed E-state index contributed by atoms with van der Waals surface area (Å²) in [7, 11) is 1.53. The lowest BCUT2D eigenvalue weighted by molar-refractivity contribution is 0.171. The molecule has 0 atom stereocenters. The van der Waals surface area contributed by atoms with Gasteiger partial charge < -0.3 is 25.3 Å². The summed E-state index contributed by atoms with van der Waals surface area (Å²) in [6.07, 6.45) is 0. The second-order valence-corrected chi connectivity index (χ2v) is 4.28. The van der Waals surface area contributed by atoms with Crippen LogP contribution >= 0.6 is 0 Å². The van der Waals surface area contributed by atoms with E-state index in [9.17, 15) is 0 Å². The average Bonchev–Trinajstić information content (AvgIpc) is 2.49. The number of fused-ring (bicyclic) bond motifs is 1. The van der Waals surface area contributed by atoms with E-state index < -0.39 is 0 Å². The molecule has 1 aromatic heterocycles. The zero-order valence-corrected chi connectivity index (χ0v) is 11.1. The molecule has 1 aliphatic rings. The van der Waals surface area contributed by atoms with Crippen LogP contribution in [0.2, 0.25) is 0 Å². The van der Waals surface area contributed by atoms with Crippen molar-refractivity contribution in [2.45, 2.75) is 0 Å². The van der Waals surface area contributed by atoms with Gasteiger partial charge in [0.05, 0.1) is 12.8 Å². The zero-order valence-electron chi connectivity index (χ0n) is 11.1. The minimum Gasteiger partial charge on any atom is -0.486 e. The van der Waals surface area contributed by atoms with Gasteiger partial charge in [0, 0.05) is 11.8 Å². The Morgan fingerprint density at radius 2 is 1.95 bits per heavy atom. The molecule has 104 valence electrons. The SMILES string of the molecule is COc1nc(Nc2ccc3c(c2)OCCO3)ccc1N. The Balaban J connectivity index is 1.84. The predicted molar refractivity (Wildman–Crippen MR) is 75.9 cm³/mol. The third-order valence-electron chi connectivity index (χ3n) is 2.90. The molecule has 0 bridgehead atoms. The van der Waals surface area contributed by atoms with E-state index in [0.29, 0.717) is 30.6 Å². The summed E-state index contributed by atoms with van der Waals surface area (Å²) < 4.78 is 16.1. The molecule has 0 saturated carbocycles. The highest BCUT2D eigenvalue weighted by molar-refractivity contribution is 5.63. The summed E-state index contributed by atoms with van der Waals surface area (Å²) in [4.78, 5) is 4.27. The maximum atomic E-state index is 5.73. The average molecular weight is 273 g/mol. The highest BCUT2D eigenvalue weighted by atomic mass is 16.6. The second-order valence-electron chi connectivity index (χ2n) is 4.28. The highest BCUT2D eigenvalue weighted by Gasteiger charge is 2.12. The van der Waals surface area contributed by atoms with Gasteiger partial charge in [-0.1, -0.05) is 0 Å². The van der Waals surface area contributed by atoms with Crippen LogP contribution in [-0.2, 0) is 0 Å². The van der Waals surface area contributed by atoms with Gasteiger partial charge in [-0.3, -0.25) is 0 Å². The number of nitrogens with two attached hydrogens (primary N) is 1. The summed E-state index contributed by atoms with van der Waals surface area (Å²) in [5, 5.41) is 3.17. The fraction of sp³-hybridized carbons (Fsp3) is 0.214. The van der Waals surface area contributed by atoms with Crippen molar-refractivity contribution in [2.24, 2.45) is 0 Å². The molecule has 0 spiro atoms. The van der Waals surface area contributed by atoms with Gasteiger partial charge in [0.2, 0.25) is 5.88 Å². The van der Waals surface area contributed by atoms with Crippen molar-refractivity contribution in [3.8, 4) is 17.4 Å². The van der Waals surface area contributed by atoms with Gasteiger partial charge in [0.25, 0.3) is 0 Å². The Morgan fingerprint density at radius 3 is 2.75 bits per heavy atom. The van der Waals surface area contributed by atoms with Crippen molar-refractivity contribution in [3.63, 3.8) is 0 Å². The van der Waals surface area contributed by atoms with Gasteiger partial charge in [-0.25, -0.2) is 0 Å². The molecule has 6 nitrogen and oxygen atoms in total. The zero-order chi connectivity index (χ0) is 13.9. The summed E-state index contributed by atoms with van der Waals surface area (Å²) in [6.45, 7) is 1.14. The fourth-order valence-corrected chi connectivity index (χ4v) is 1.95. The minimum absolute atomic E-state index is 0.396. The van der Waals surface area contributed by atoms with Crippen LogP contribution in [0, 0.1) is 0 Å². The van der Waals surface area contributed by atoms with Gasteiger partial charge in [-0.05, 0) is 24.3 Å². The Bertz CT molecular complexity index is 631. The van der Waals surface area contributed by atoms with Crippen LogP contribution in [-0.4, -0.2) is 25.3 Å². The summed E-state index contributed by atoms with van der Waals surface area (Å²) >= 11 is 0. The molecule has 0 saturated heterocycles. The summed E-state index contributed by atoms with van der Waals surface area (Å²) in [6, 6.07) is 9.17. The molecule has 0 unspecified atom stereocenters. The fourth-order valence-electron chi connectivity index (χ4n) is 1.95. The van der Waals surface area contributed by atoms with Gasteiger partial charge >= 0.3 is 0 Å². The van der Waals surface area contributed by atoms with Gasteiger partial charge in [-0.15, -0.1) is 0 Å². The number of benzene rings is 1. The maximum absolute atomic E-state index is 5.73. The van der Waals surface area contributed by atoms with E-state index in [0.717, 1.165) is 17.2 Å². The quantitative estimate of drug-likeness (QED) is 0.892. The van der Waals surface area contributed by atoms with Crippen LogP contribution in [0.25, 0.3) is 0 Å². The molecule has 2 heterocycles. The molecular weight excluding hydrogens is 258 g/mol. The van der Waals surface area contributed by atoms with Crippen LogP contribution in [0.5, 0.6) is 17.4 Å². The van der Waals surface area contributed by atoms with Crippen molar-refractivity contribution in [1.29, 1.82) is 0 Å². The molecule has 0 aliphatic carbocycles. The molecule has 0 radical (unpaired) electrons. The number of ether oxygens (including phenoxy) is 3. The molecule has 6 heteroatoms. The lowest BCUT2D eigenvalue weighted by Crippen LogP contribution is -2.15. The lowest BCUT2D eigenvalue weighted by Gasteiger charge is -2.19. The number of nitrogens with zero attached hydrogens (tertiary/aromatic N) is 1. The molecule has 3 N–H and O–H groups in total. The van der Waals surface area contributed by atoms with E-state index in [2.05, 4.69) is 10.3 Å². The van der Waals surface area contributed by atoms with E-state index in [-0.39, 0.29) is 0 Å².